The Kier molecular flexibility index (Phi) is 5.08. The van der Waals surface area contributed by atoms with Crippen molar-refractivity contribution in [3.8, 4) is 0 Å². The fourth-order valence-corrected chi connectivity index (χ4v) is 3.10. The Balaban J connectivity index is 1.31. The standard InChI is InChI=1S/C18H24FNO2/c19-17-3-1-2-15(12-17)13-22-11-8-14-6-9-20(10-7-14)18(21)16-4-5-16/h1-3,12,14,16H,4-11,13H2. The Bertz CT molecular complexity index is 508. The summed E-state index contributed by atoms with van der Waals surface area (Å²) in [4.78, 5) is 14.0. The van der Waals surface area contributed by atoms with Crippen molar-refractivity contribution >= 4 is 5.91 Å². The first-order valence-electron chi connectivity index (χ1n) is 8.33. The van der Waals surface area contributed by atoms with Crippen LogP contribution in [0.15, 0.2) is 24.3 Å². The van der Waals surface area contributed by atoms with Crippen LogP contribution < -0.4 is 0 Å². The number of hydrogen-bond acceptors (Lipinski definition) is 2. The second-order valence-electron chi connectivity index (χ2n) is 6.51. The third kappa shape index (κ3) is 4.29. The van der Waals surface area contributed by atoms with E-state index in [4.69, 9.17) is 4.74 Å². The number of carbonyl (C=O) groups excluding carboxylic acids is 1. The van der Waals surface area contributed by atoms with Gasteiger partial charge >= 0.3 is 0 Å². The van der Waals surface area contributed by atoms with Gasteiger partial charge in [0.05, 0.1) is 6.61 Å². The molecule has 2 aliphatic rings. The molecule has 0 N–H and O–H groups in total. The summed E-state index contributed by atoms with van der Waals surface area (Å²) in [6, 6.07) is 6.55. The van der Waals surface area contributed by atoms with Crippen molar-refractivity contribution in [3.63, 3.8) is 0 Å². The fraction of sp³-hybridized carbons (Fsp3) is 0.611. The van der Waals surface area contributed by atoms with Crippen molar-refractivity contribution in [2.75, 3.05) is 19.7 Å². The van der Waals surface area contributed by atoms with Gasteiger partial charge in [0.25, 0.3) is 0 Å². The van der Waals surface area contributed by atoms with Crippen LogP contribution in [0.4, 0.5) is 4.39 Å². The van der Waals surface area contributed by atoms with E-state index in [-0.39, 0.29) is 5.82 Å². The quantitative estimate of drug-likeness (QED) is 0.754. The molecule has 1 saturated carbocycles. The first-order chi connectivity index (χ1) is 10.7. The average molecular weight is 305 g/mol. The number of piperidine rings is 1. The van der Waals surface area contributed by atoms with E-state index in [1.54, 1.807) is 6.07 Å². The summed E-state index contributed by atoms with van der Waals surface area (Å²) in [5.41, 5.74) is 0.879. The van der Waals surface area contributed by atoms with Crippen LogP contribution in [0.3, 0.4) is 0 Å². The van der Waals surface area contributed by atoms with Crippen molar-refractivity contribution in [1.29, 1.82) is 0 Å². The van der Waals surface area contributed by atoms with Gasteiger partial charge in [-0.2, -0.15) is 0 Å². The SMILES string of the molecule is O=C(C1CC1)N1CCC(CCOCc2cccc(F)c2)CC1. The van der Waals surface area contributed by atoms with Gasteiger partial charge in [0.15, 0.2) is 0 Å². The topological polar surface area (TPSA) is 29.5 Å². The van der Waals surface area contributed by atoms with E-state index in [9.17, 15) is 9.18 Å². The summed E-state index contributed by atoms with van der Waals surface area (Å²) in [6.07, 6.45) is 5.38. The van der Waals surface area contributed by atoms with E-state index < -0.39 is 0 Å². The summed E-state index contributed by atoms with van der Waals surface area (Å²) >= 11 is 0. The van der Waals surface area contributed by atoms with Gasteiger partial charge in [-0.05, 0) is 55.7 Å². The molecule has 1 saturated heterocycles. The lowest BCUT2D eigenvalue weighted by Crippen LogP contribution is -2.39. The van der Waals surface area contributed by atoms with Crippen LogP contribution in [0.5, 0.6) is 0 Å². The van der Waals surface area contributed by atoms with Crippen LogP contribution in [-0.2, 0) is 16.1 Å². The monoisotopic (exact) mass is 305 g/mol. The summed E-state index contributed by atoms with van der Waals surface area (Å²) in [5.74, 6) is 1.15. The van der Waals surface area contributed by atoms with Gasteiger partial charge < -0.3 is 9.64 Å². The summed E-state index contributed by atoms with van der Waals surface area (Å²) < 4.78 is 18.7. The van der Waals surface area contributed by atoms with Crippen molar-refractivity contribution in [2.45, 2.75) is 38.7 Å². The first-order valence-corrected chi connectivity index (χ1v) is 8.33. The molecule has 120 valence electrons. The van der Waals surface area contributed by atoms with Crippen molar-refractivity contribution in [3.05, 3.63) is 35.6 Å². The van der Waals surface area contributed by atoms with Crippen LogP contribution in [0.25, 0.3) is 0 Å². The smallest absolute Gasteiger partial charge is 0.225 e. The highest BCUT2D eigenvalue weighted by Crippen LogP contribution is 2.32. The van der Waals surface area contributed by atoms with Crippen LogP contribution in [0, 0.1) is 17.7 Å². The van der Waals surface area contributed by atoms with Crippen molar-refractivity contribution in [2.24, 2.45) is 11.8 Å². The van der Waals surface area contributed by atoms with E-state index in [1.807, 2.05) is 11.0 Å². The van der Waals surface area contributed by atoms with Gasteiger partial charge in [-0.1, -0.05) is 12.1 Å². The lowest BCUT2D eigenvalue weighted by molar-refractivity contribution is -0.134. The third-order valence-corrected chi connectivity index (χ3v) is 4.68. The molecule has 1 amide bonds. The van der Waals surface area contributed by atoms with E-state index >= 15 is 0 Å². The Hall–Kier alpha value is -1.42. The lowest BCUT2D eigenvalue weighted by atomic mass is 9.93. The Labute approximate surface area is 131 Å². The molecule has 0 bridgehead atoms. The average Bonchev–Trinajstić information content (AvgIpc) is 3.36. The molecule has 22 heavy (non-hydrogen) atoms. The number of carbonyl (C=O) groups is 1. The molecule has 1 aromatic rings. The maximum absolute atomic E-state index is 13.0. The van der Waals surface area contributed by atoms with E-state index in [2.05, 4.69) is 0 Å². The highest BCUT2D eigenvalue weighted by Gasteiger charge is 2.34. The number of likely N-dealkylation sites (tertiary alicyclic amines) is 1. The summed E-state index contributed by atoms with van der Waals surface area (Å²) in [6.45, 7) is 2.99. The largest absolute Gasteiger partial charge is 0.377 e. The molecule has 1 heterocycles. The number of halogens is 1. The van der Waals surface area contributed by atoms with Crippen LogP contribution in [0.1, 0.15) is 37.7 Å². The van der Waals surface area contributed by atoms with Gasteiger partial charge in [-0.25, -0.2) is 4.39 Å². The van der Waals surface area contributed by atoms with Gasteiger partial charge in [-0.15, -0.1) is 0 Å². The molecular weight excluding hydrogens is 281 g/mol. The first kappa shape index (κ1) is 15.5. The van der Waals surface area contributed by atoms with E-state index in [0.29, 0.717) is 31.0 Å². The number of amides is 1. The number of rotatable bonds is 6. The minimum Gasteiger partial charge on any atom is -0.377 e. The molecule has 1 aliphatic heterocycles. The molecule has 1 aromatic carbocycles. The highest BCUT2D eigenvalue weighted by atomic mass is 19.1. The van der Waals surface area contributed by atoms with Crippen LogP contribution in [0.2, 0.25) is 0 Å². The minimum absolute atomic E-state index is 0.214. The molecule has 0 unspecified atom stereocenters. The second-order valence-corrected chi connectivity index (χ2v) is 6.51. The number of nitrogens with zero attached hydrogens (tertiary/aromatic N) is 1. The molecule has 0 radical (unpaired) electrons. The summed E-state index contributed by atoms with van der Waals surface area (Å²) in [5, 5.41) is 0. The minimum atomic E-state index is -0.214. The zero-order valence-corrected chi connectivity index (χ0v) is 13.0. The maximum atomic E-state index is 13.0. The predicted octanol–water partition coefficient (Wildman–Crippen LogP) is 3.38. The fourth-order valence-electron chi connectivity index (χ4n) is 3.10. The zero-order valence-electron chi connectivity index (χ0n) is 13.0. The predicted molar refractivity (Wildman–Crippen MR) is 82.7 cm³/mol. The van der Waals surface area contributed by atoms with Gasteiger partial charge in [0.2, 0.25) is 5.91 Å². The van der Waals surface area contributed by atoms with E-state index in [0.717, 1.165) is 50.8 Å². The molecule has 4 heteroatoms. The lowest BCUT2D eigenvalue weighted by Gasteiger charge is -2.32. The maximum Gasteiger partial charge on any atom is 0.225 e. The normalized spacial score (nSPS) is 19.4. The zero-order chi connectivity index (χ0) is 15.4. The van der Waals surface area contributed by atoms with E-state index in [1.165, 1.54) is 12.1 Å². The van der Waals surface area contributed by atoms with Crippen molar-refractivity contribution < 1.29 is 13.9 Å². The number of benzene rings is 1. The summed E-state index contributed by atoms with van der Waals surface area (Å²) in [7, 11) is 0. The number of ether oxygens (including phenoxy) is 1. The molecule has 2 fully saturated rings. The molecule has 3 rings (SSSR count). The molecule has 3 nitrogen and oxygen atoms in total. The Morgan fingerprint density at radius 1 is 1.23 bits per heavy atom. The number of hydrogen-bond donors (Lipinski definition) is 0. The Morgan fingerprint density at radius 2 is 2.00 bits per heavy atom. The van der Waals surface area contributed by atoms with Gasteiger partial charge in [0.1, 0.15) is 5.82 Å². The molecule has 1 aliphatic carbocycles. The van der Waals surface area contributed by atoms with Crippen LogP contribution >= 0.6 is 0 Å². The molecular formula is C18H24FNO2. The Morgan fingerprint density at radius 3 is 2.68 bits per heavy atom. The molecule has 0 spiro atoms. The van der Waals surface area contributed by atoms with Crippen LogP contribution in [-0.4, -0.2) is 30.5 Å². The van der Waals surface area contributed by atoms with Gasteiger partial charge in [0, 0.05) is 25.6 Å². The highest BCUT2D eigenvalue weighted by molar-refractivity contribution is 5.81. The second kappa shape index (κ2) is 7.23. The molecule has 0 atom stereocenters. The van der Waals surface area contributed by atoms with Gasteiger partial charge in [-0.3, -0.25) is 4.79 Å². The van der Waals surface area contributed by atoms with Crippen molar-refractivity contribution in [1.82, 2.24) is 4.90 Å². The third-order valence-electron chi connectivity index (χ3n) is 4.68. The molecule has 0 aromatic heterocycles.